The summed E-state index contributed by atoms with van der Waals surface area (Å²) in [6.07, 6.45) is -0.274. The second-order valence-corrected chi connectivity index (χ2v) is 4.85. The van der Waals surface area contributed by atoms with Crippen molar-refractivity contribution in [2.75, 3.05) is 6.61 Å². The van der Waals surface area contributed by atoms with Crippen LogP contribution in [0.1, 0.15) is 27.2 Å². The van der Waals surface area contributed by atoms with Crippen LogP contribution in [-0.4, -0.2) is 24.2 Å². The summed E-state index contributed by atoms with van der Waals surface area (Å²) in [5.74, 6) is -2.28. The molecule has 0 aliphatic rings. The lowest BCUT2D eigenvalue weighted by molar-refractivity contribution is -0.149. The molecule has 0 heterocycles. The fraction of sp³-hybridized carbons (Fsp3) is 0.500. The highest BCUT2D eigenvalue weighted by atomic mass is 19.2. The molecule has 0 aromatic heterocycles. The summed E-state index contributed by atoms with van der Waals surface area (Å²) in [7, 11) is 0. The van der Waals surface area contributed by atoms with Crippen molar-refractivity contribution in [2.24, 2.45) is 5.73 Å². The average molecular weight is 287 g/mol. The van der Waals surface area contributed by atoms with E-state index in [-0.39, 0.29) is 18.8 Å². The Hall–Kier alpha value is -1.69. The topological polar surface area (TPSA) is 61.5 Å². The van der Waals surface area contributed by atoms with Crippen LogP contribution in [0.4, 0.5) is 8.78 Å². The molecule has 0 aliphatic carbocycles. The Morgan fingerprint density at radius 2 is 2.05 bits per heavy atom. The van der Waals surface area contributed by atoms with Crippen LogP contribution in [0.5, 0.6) is 5.75 Å². The number of esters is 1. The number of rotatable bonds is 6. The van der Waals surface area contributed by atoms with Crippen LogP contribution in [0.15, 0.2) is 18.2 Å². The molecule has 0 saturated carbocycles. The minimum absolute atomic E-state index is 0.177. The SMILES string of the molecule is CCOC(=O)C(C)(N)CC(C)Oc1ccc(F)c(F)c1. The number of carbonyl (C=O) groups excluding carboxylic acids is 1. The maximum atomic E-state index is 13.0. The summed E-state index contributed by atoms with van der Waals surface area (Å²) in [4.78, 5) is 11.6. The molecule has 2 N–H and O–H groups in total. The first kappa shape index (κ1) is 16.4. The van der Waals surface area contributed by atoms with Crippen molar-refractivity contribution in [1.29, 1.82) is 0 Å². The Bertz CT molecular complexity index is 477. The van der Waals surface area contributed by atoms with E-state index in [0.29, 0.717) is 0 Å². The largest absolute Gasteiger partial charge is 0.491 e. The Morgan fingerprint density at radius 1 is 1.40 bits per heavy atom. The van der Waals surface area contributed by atoms with E-state index in [9.17, 15) is 13.6 Å². The fourth-order valence-corrected chi connectivity index (χ4v) is 1.80. The lowest BCUT2D eigenvalue weighted by atomic mass is 9.96. The molecule has 0 bridgehead atoms. The summed E-state index contributed by atoms with van der Waals surface area (Å²) in [6, 6.07) is 3.24. The molecule has 2 atom stereocenters. The second-order valence-electron chi connectivity index (χ2n) is 4.85. The molecule has 0 amide bonds. The zero-order valence-electron chi connectivity index (χ0n) is 11.8. The first-order valence-corrected chi connectivity index (χ1v) is 6.34. The zero-order valence-corrected chi connectivity index (χ0v) is 11.8. The van der Waals surface area contributed by atoms with Crippen molar-refractivity contribution in [2.45, 2.75) is 38.8 Å². The van der Waals surface area contributed by atoms with E-state index in [1.807, 2.05) is 0 Å². The van der Waals surface area contributed by atoms with Crippen LogP contribution in [0, 0.1) is 11.6 Å². The highest BCUT2D eigenvalue weighted by Gasteiger charge is 2.32. The second kappa shape index (κ2) is 6.65. The van der Waals surface area contributed by atoms with Gasteiger partial charge in [-0.05, 0) is 32.9 Å². The van der Waals surface area contributed by atoms with Gasteiger partial charge in [0, 0.05) is 12.5 Å². The minimum atomic E-state index is -1.20. The van der Waals surface area contributed by atoms with Gasteiger partial charge in [0.25, 0.3) is 0 Å². The van der Waals surface area contributed by atoms with Crippen molar-refractivity contribution in [3.63, 3.8) is 0 Å². The van der Waals surface area contributed by atoms with Crippen LogP contribution in [0.25, 0.3) is 0 Å². The van der Waals surface area contributed by atoms with E-state index in [1.54, 1.807) is 13.8 Å². The first-order chi connectivity index (χ1) is 9.26. The molecule has 4 nitrogen and oxygen atoms in total. The van der Waals surface area contributed by atoms with Gasteiger partial charge < -0.3 is 15.2 Å². The molecule has 2 unspecified atom stereocenters. The monoisotopic (exact) mass is 287 g/mol. The fourth-order valence-electron chi connectivity index (χ4n) is 1.80. The maximum absolute atomic E-state index is 13.0. The third-order valence-electron chi connectivity index (χ3n) is 2.68. The van der Waals surface area contributed by atoms with Gasteiger partial charge in [0.15, 0.2) is 11.6 Å². The number of ether oxygens (including phenoxy) is 2. The quantitative estimate of drug-likeness (QED) is 0.816. The molecule has 0 aliphatic heterocycles. The molecule has 0 spiro atoms. The van der Waals surface area contributed by atoms with Gasteiger partial charge in [0.05, 0.1) is 12.7 Å². The van der Waals surface area contributed by atoms with Gasteiger partial charge in [-0.3, -0.25) is 4.79 Å². The molecule has 0 saturated heterocycles. The standard InChI is InChI=1S/C14H19F2NO3/c1-4-19-13(18)14(3,17)8-9(2)20-10-5-6-11(15)12(16)7-10/h5-7,9H,4,8,17H2,1-3H3. The molecular formula is C14H19F2NO3. The molecule has 0 radical (unpaired) electrons. The molecule has 1 rings (SSSR count). The number of hydrogen-bond acceptors (Lipinski definition) is 4. The summed E-state index contributed by atoms with van der Waals surface area (Å²) in [5.41, 5.74) is 4.67. The third-order valence-corrected chi connectivity index (χ3v) is 2.68. The van der Waals surface area contributed by atoms with Gasteiger partial charge in [-0.15, -0.1) is 0 Å². The molecule has 20 heavy (non-hydrogen) atoms. The van der Waals surface area contributed by atoms with Gasteiger partial charge >= 0.3 is 5.97 Å². The Kier molecular flexibility index (Phi) is 5.44. The number of carbonyl (C=O) groups is 1. The van der Waals surface area contributed by atoms with Gasteiger partial charge in [-0.2, -0.15) is 0 Å². The van der Waals surface area contributed by atoms with E-state index < -0.39 is 29.2 Å². The zero-order chi connectivity index (χ0) is 15.3. The normalized spacial score (nSPS) is 15.3. The van der Waals surface area contributed by atoms with Gasteiger partial charge in [0.1, 0.15) is 11.3 Å². The van der Waals surface area contributed by atoms with Crippen molar-refractivity contribution in [3.8, 4) is 5.75 Å². The van der Waals surface area contributed by atoms with Crippen LogP contribution in [0.3, 0.4) is 0 Å². The molecule has 6 heteroatoms. The van der Waals surface area contributed by atoms with Crippen LogP contribution < -0.4 is 10.5 Å². The first-order valence-electron chi connectivity index (χ1n) is 6.34. The molecule has 0 fully saturated rings. The number of halogens is 2. The molecule has 1 aromatic rings. The van der Waals surface area contributed by atoms with Crippen molar-refractivity contribution in [1.82, 2.24) is 0 Å². The number of benzene rings is 1. The van der Waals surface area contributed by atoms with Gasteiger partial charge in [-0.1, -0.05) is 0 Å². The predicted octanol–water partition coefficient (Wildman–Crippen LogP) is 2.40. The Balaban J connectivity index is 2.64. The highest BCUT2D eigenvalue weighted by Crippen LogP contribution is 2.20. The summed E-state index contributed by atoms with van der Waals surface area (Å²) in [6.45, 7) is 5.15. The smallest absolute Gasteiger partial charge is 0.325 e. The van der Waals surface area contributed by atoms with Crippen LogP contribution in [-0.2, 0) is 9.53 Å². The average Bonchev–Trinajstić information content (AvgIpc) is 2.33. The minimum Gasteiger partial charge on any atom is -0.491 e. The third kappa shape index (κ3) is 4.45. The van der Waals surface area contributed by atoms with E-state index in [4.69, 9.17) is 15.2 Å². The van der Waals surface area contributed by atoms with E-state index in [2.05, 4.69) is 0 Å². The lowest BCUT2D eigenvalue weighted by Gasteiger charge is -2.26. The van der Waals surface area contributed by atoms with Crippen molar-refractivity contribution < 1.29 is 23.0 Å². The summed E-state index contributed by atoms with van der Waals surface area (Å²) < 4.78 is 36.1. The van der Waals surface area contributed by atoms with Gasteiger partial charge in [0.2, 0.25) is 0 Å². The Labute approximate surface area is 116 Å². The highest BCUT2D eigenvalue weighted by molar-refractivity contribution is 5.80. The number of hydrogen-bond donors (Lipinski definition) is 1. The maximum Gasteiger partial charge on any atom is 0.325 e. The molecular weight excluding hydrogens is 268 g/mol. The van der Waals surface area contributed by atoms with E-state index in [1.165, 1.54) is 13.0 Å². The predicted molar refractivity (Wildman–Crippen MR) is 70.3 cm³/mol. The van der Waals surface area contributed by atoms with Crippen molar-refractivity contribution >= 4 is 5.97 Å². The summed E-state index contributed by atoms with van der Waals surface area (Å²) in [5, 5.41) is 0. The van der Waals surface area contributed by atoms with Crippen LogP contribution in [0.2, 0.25) is 0 Å². The van der Waals surface area contributed by atoms with E-state index >= 15 is 0 Å². The molecule has 112 valence electrons. The summed E-state index contributed by atoms with van der Waals surface area (Å²) >= 11 is 0. The lowest BCUT2D eigenvalue weighted by Crippen LogP contribution is -2.49. The van der Waals surface area contributed by atoms with Crippen LogP contribution >= 0.6 is 0 Å². The number of nitrogens with two attached hydrogens (primary N) is 1. The van der Waals surface area contributed by atoms with Gasteiger partial charge in [-0.25, -0.2) is 8.78 Å². The Morgan fingerprint density at radius 3 is 2.60 bits per heavy atom. The molecule has 1 aromatic carbocycles. The van der Waals surface area contributed by atoms with Crippen molar-refractivity contribution in [3.05, 3.63) is 29.8 Å². The van der Waals surface area contributed by atoms with E-state index in [0.717, 1.165) is 12.1 Å².